The van der Waals surface area contributed by atoms with Gasteiger partial charge in [0.15, 0.2) is 21.3 Å². The molecule has 4 rings (SSSR count). The molecule has 30 heavy (non-hydrogen) atoms. The van der Waals surface area contributed by atoms with E-state index in [2.05, 4.69) is 0 Å². The Morgan fingerprint density at radius 2 is 1.70 bits per heavy atom. The Labute approximate surface area is 177 Å². The molecule has 1 heterocycles. The van der Waals surface area contributed by atoms with Gasteiger partial charge in [-0.3, -0.25) is 4.79 Å². The standard InChI is InChI=1S/C23H27NO5S/c1-28-21-12-7-16(13-22(21)29-19-5-3-4-6-19)17-14-23(25)24(15-17)18-8-10-20(11-9-18)30(2,26)27/h7-13,17,19H,3-6,14-15H2,1-2H3/t17-/m0/s1. The van der Waals surface area contributed by atoms with Gasteiger partial charge in [-0.15, -0.1) is 0 Å². The van der Waals surface area contributed by atoms with Crippen molar-refractivity contribution in [1.82, 2.24) is 0 Å². The van der Waals surface area contributed by atoms with E-state index in [0.29, 0.717) is 24.4 Å². The van der Waals surface area contributed by atoms with E-state index in [0.717, 1.165) is 24.2 Å². The number of benzene rings is 2. The fourth-order valence-corrected chi connectivity index (χ4v) is 4.91. The van der Waals surface area contributed by atoms with Crippen molar-refractivity contribution in [2.24, 2.45) is 0 Å². The van der Waals surface area contributed by atoms with Crippen LogP contribution in [-0.2, 0) is 14.6 Å². The number of carbonyl (C=O) groups excluding carboxylic acids is 1. The van der Waals surface area contributed by atoms with Crippen molar-refractivity contribution in [3.05, 3.63) is 48.0 Å². The molecule has 2 aromatic rings. The lowest BCUT2D eigenvalue weighted by molar-refractivity contribution is -0.117. The molecule has 2 aromatic carbocycles. The highest BCUT2D eigenvalue weighted by Crippen LogP contribution is 2.38. The monoisotopic (exact) mass is 429 g/mol. The summed E-state index contributed by atoms with van der Waals surface area (Å²) in [5.74, 6) is 1.53. The maximum Gasteiger partial charge on any atom is 0.227 e. The number of carbonyl (C=O) groups is 1. The topological polar surface area (TPSA) is 72.9 Å². The van der Waals surface area contributed by atoms with E-state index >= 15 is 0 Å². The first-order valence-electron chi connectivity index (χ1n) is 10.3. The lowest BCUT2D eigenvalue weighted by Crippen LogP contribution is -2.24. The molecule has 6 nitrogen and oxygen atoms in total. The lowest BCUT2D eigenvalue weighted by atomic mass is 9.98. The maximum absolute atomic E-state index is 12.7. The molecule has 0 spiro atoms. The molecule has 1 saturated heterocycles. The minimum Gasteiger partial charge on any atom is -0.493 e. The summed E-state index contributed by atoms with van der Waals surface area (Å²) in [7, 11) is -1.62. The maximum atomic E-state index is 12.7. The summed E-state index contributed by atoms with van der Waals surface area (Å²) in [6, 6.07) is 12.4. The summed E-state index contributed by atoms with van der Waals surface area (Å²) in [5, 5.41) is 0. The van der Waals surface area contributed by atoms with Crippen molar-refractivity contribution < 1.29 is 22.7 Å². The van der Waals surface area contributed by atoms with Crippen molar-refractivity contribution in [3.63, 3.8) is 0 Å². The van der Waals surface area contributed by atoms with Crippen LogP contribution in [0.5, 0.6) is 11.5 Å². The van der Waals surface area contributed by atoms with Crippen LogP contribution < -0.4 is 14.4 Å². The summed E-state index contributed by atoms with van der Waals surface area (Å²) in [6.07, 6.45) is 6.31. The molecule has 2 aliphatic rings. The Morgan fingerprint density at radius 1 is 1.00 bits per heavy atom. The zero-order chi connectivity index (χ0) is 21.3. The van der Waals surface area contributed by atoms with E-state index in [1.807, 2.05) is 18.2 Å². The normalized spacial score (nSPS) is 20.0. The van der Waals surface area contributed by atoms with E-state index in [4.69, 9.17) is 9.47 Å². The van der Waals surface area contributed by atoms with E-state index in [1.54, 1.807) is 36.3 Å². The molecule has 0 aromatic heterocycles. The van der Waals surface area contributed by atoms with Crippen LogP contribution in [0, 0.1) is 0 Å². The highest BCUT2D eigenvalue weighted by molar-refractivity contribution is 7.90. The molecule has 0 bridgehead atoms. The summed E-state index contributed by atoms with van der Waals surface area (Å²) >= 11 is 0. The Balaban J connectivity index is 1.53. The minimum absolute atomic E-state index is 0.0289. The predicted molar refractivity (Wildman–Crippen MR) is 115 cm³/mol. The fourth-order valence-electron chi connectivity index (χ4n) is 4.28. The summed E-state index contributed by atoms with van der Waals surface area (Å²) in [5.41, 5.74) is 1.76. The van der Waals surface area contributed by atoms with Crippen LogP contribution in [0.2, 0.25) is 0 Å². The number of hydrogen-bond donors (Lipinski definition) is 0. The van der Waals surface area contributed by atoms with Crippen LogP contribution in [0.3, 0.4) is 0 Å². The quantitative estimate of drug-likeness (QED) is 0.695. The second-order valence-corrected chi connectivity index (χ2v) is 10.1. The molecule has 0 unspecified atom stereocenters. The van der Waals surface area contributed by atoms with Crippen LogP contribution in [0.25, 0.3) is 0 Å². The third-order valence-electron chi connectivity index (χ3n) is 5.96. The average molecular weight is 430 g/mol. The van der Waals surface area contributed by atoms with Crippen LogP contribution >= 0.6 is 0 Å². The van der Waals surface area contributed by atoms with Crippen molar-refractivity contribution in [3.8, 4) is 11.5 Å². The molecule has 1 aliphatic carbocycles. The van der Waals surface area contributed by atoms with Crippen molar-refractivity contribution in [1.29, 1.82) is 0 Å². The summed E-state index contributed by atoms with van der Waals surface area (Å²) < 4.78 is 35.0. The van der Waals surface area contributed by atoms with Gasteiger partial charge in [-0.1, -0.05) is 6.07 Å². The van der Waals surface area contributed by atoms with Gasteiger partial charge in [-0.05, 0) is 67.6 Å². The third kappa shape index (κ3) is 4.31. The van der Waals surface area contributed by atoms with Crippen LogP contribution in [0.4, 0.5) is 5.69 Å². The van der Waals surface area contributed by atoms with E-state index in [-0.39, 0.29) is 22.8 Å². The SMILES string of the molecule is COc1ccc([C@H]2CC(=O)N(c3ccc(S(C)(=O)=O)cc3)C2)cc1OC1CCCC1. The number of sulfone groups is 1. The Hall–Kier alpha value is -2.54. The van der Waals surface area contributed by atoms with Crippen LogP contribution in [-0.4, -0.2) is 40.3 Å². The van der Waals surface area contributed by atoms with E-state index < -0.39 is 9.84 Å². The second kappa shape index (κ2) is 8.30. The first-order chi connectivity index (χ1) is 14.3. The number of hydrogen-bond acceptors (Lipinski definition) is 5. The highest BCUT2D eigenvalue weighted by Gasteiger charge is 2.32. The average Bonchev–Trinajstić information content (AvgIpc) is 3.37. The van der Waals surface area contributed by atoms with Crippen molar-refractivity contribution in [2.75, 3.05) is 24.8 Å². The molecule has 0 N–H and O–H groups in total. The van der Waals surface area contributed by atoms with Crippen molar-refractivity contribution >= 4 is 21.4 Å². The second-order valence-electron chi connectivity index (χ2n) is 8.11. The van der Waals surface area contributed by atoms with Gasteiger partial charge in [0.05, 0.1) is 18.1 Å². The van der Waals surface area contributed by atoms with Gasteiger partial charge in [0.1, 0.15) is 0 Å². The minimum atomic E-state index is -3.26. The van der Waals surface area contributed by atoms with Gasteiger partial charge in [-0.2, -0.15) is 0 Å². The highest BCUT2D eigenvalue weighted by atomic mass is 32.2. The Kier molecular flexibility index (Phi) is 5.73. The first kappa shape index (κ1) is 20.7. The Bertz CT molecular complexity index is 1030. The number of methoxy groups -OCH3 is 1. The lowest BCUT2D eigenvalue weighted by Gasteiger charge is -2.19. The van der Waals surface area contributed by atoms with Crippen LogP contribution in [0.1, 0.15) is 43.6 Å². The molecule has 160 valence electrons. The van der Waals surface area contributed by atoms with Gasteiger partial charge in [-0.25, -0.2) is 8.42 Å². The van der Waals surface area contributed by atoms with Gasteiger partial charge in [0.25, 0.3) is 0 Å². The smallest absolute Gasteiger partial charge is 0.227 e. The molecule has 1 atom stereocenters. The summed E-state index contributed by atoms with van der Waals surface area (Å²) in [4.78, 5) is 14.6. The zero-order valence-electron chi connectivity index (χ0n) is 17.3. The van der Waals surface area contributed by atoms with E-state index in [9.17, 15) is 13.2 Å². The van der Waals surface area contributed by atoms with E-state index in [1.165, 1.54) is 19.1 Å². The molecular formula is C23H27NO5S. The number of ether oxygens (including phenoxy) is 2. The molecule has 1 amide bonds. The third-order valence-corrected chi connectivity index (χ3v) is 7.08. The fraction of sp³-hybridized carbons (Fsp3) is 0.435. The molecule has 0 radical (unpaired) electrons. The summed E-state index contributed by atoms with van der Waals surface area (Å²) in [6.45, 7) is 0.548. The largest absolute Gasteiger partial charge is 0.493 e. The molecule has 1 aliphatic heterocycles. The number of anilines is 1. The molecule has 2 fully saturated rings. The zero-order valence-corrected chi connectivity index (χ0v) is 18.2. The first-order valence-corrected chi connectivity index (χ1v) is 12.2. The van der Waals surface area contributed by atoms with Gasteiger partial charge >= 0.3 is 0 Å². The number of rotatable bonds is 6. The Morgan fingerprint density at radius 3 is 2.33 bits per heavy atom. The predicted octanol–water partition coefficient (Wildman–Crippen LogP) is 3.94. The number of amides is 1. The molecule has 7 heteroatoms. The molecular weight excluding hydrogens is 402 g/mol. The number of nitrogens with zero attached hydrogens (tertiary/aromatic N) is 1. The van der Waals surface area contributed by atoms with Gasteiger partial charge in [0.2, 0.25) is 5.91 Å². The molecule has 1 saturated carbocycles. The van der Waals surface area contributed by atoms with Crippen LogP contribution in [0.15, 0.2) is 47.4 Å². The van der Waals surface area contributed by atoms with Gasteiger partial charge in [0, 0.05) is 30.8 Å². The van der Waals surface area contributed by atoms with Crippen molar-refractivity contribution in [2.45, 2.75) is 49.0 Å². The van der Waals surface area contributed by atoms with Gasteiger partial charge < -0.3 is 14.4 Å².